The molecule has 126 valence electrons. The van der Waals surface area contributed by atoms with Crippen molar-refractivity contribution in [1.29, 1.82) is 0 Å². The van der Waals surface area contributed by atoms with Crippen LogP contribution < -0.4 is 10.1 Å². The average Bonchev–Trinajstić information content (AvgIpc) is 2.68. The third-order valence-corrected chi connectivity index (χ3v) is 4.61. The van der Waals surface area contributed by atoms with E-state index in [0.717, 1.165) is 28.1 Å². The first-order chi connectivity index (χ1) is 12.2. The third kappa shape index (κ3) is 3.21. The van der Waals surface area contributed by atoms with Gasteiger partial charge in [0.15, 0.2) is 6.23 Å². The SMILES string of the molecule is COc1ccc([C@@H]2Nc3ccc(Cl)cc3[C@@H](c3ccccc3)O2)cc1. The second-order valence-electron chi connectivity index (χ2n) is 5.96. The molecule has 1 heterocycles. The molecule has 3 nitrogen and oxygen atoms in total. The van der Waals surface area contributed by atoms with E-state index in [1.54, 1.807) is 7.11 Å². The molecule has 0 aromatic heterocycles. The molecular weight excluding hydrogens is 334 g/mol. The monoisotopic (exact) mass is 351 g/mol. The van der Waals surface area contributed by atoms with E-state index in [4.69, 9.17) is 21.1 Å². The van der Waals surface area contributed by atoms with Crippen molar-refractivity contribution in [3.05, 3.63) is 94.5 Å². The molecular formula is C21H18ClNO2. The maximum atomic E-state index is 6.40. The van der Waals surface area contributed by atoms with Crippen LogP contribution in [-0.4, -0.2) is 7.11 Å². The fourth-order valence-electron chi connectivity index (χ4n) is 3.09. The number of anilines is 1. The molecule has 1 N–H and O–H groups in total. The van der Waals surface area contributed by atoms with Crippen molar-refractivity contribution in [3.8, 4) is 5.75 Å². The molecule has 1 aliphatic rings. The molecule has 0 spiro atoms. The second-order valence-corrected chi connectivity index (χ2v) is 6.39. The van der Waals surface area contributed by atoms with Gasteiger partial charge in [0.2, 0.25) is 0 Å². The summed E-state index contributed by atoms with van der Waals surface area (Å²) in [6.07, 6.45) is -0.423. The summed E-state index contributed by atoms with van der Waals surface area (Å²) in [5, 5.41) is 4.16. The number of ether oxygens (including phenoxy) is 2. The Morgan fingerprint density at radius 2 is 1.68 bits per heavy atom. The number of fused-ring (bicyclic) bond motifs is 1. The molecule has 0 aliphatic carbocycles. The van der Waals surface area contributed by atoms with Crippen molar-refractivity contribution >= 4 is 17.3 Å². The van der Waals surface area contributed by atoms with Crippen molar-refractivity contribution in [3.63, 3.8) is 0 Å². The molecule has 0 fully saturated rings. The van der Waals surface area contributed by atoms with E-state index in [-0.39, 0.29) is 12.3 Å². The molecule has 0 saturated carbocycles. The van der Waals surface area contributed by atoms with Gasteiger partial charge in [-0.2, -0.15) is 0 Å². The van der Waals surface area contributed by atoms with Crippen LogP contribution in [0.1, 0.15) is 29.0 Å². The minimum atomic E-state index is -0.246. The van der Waals surface area contributed by atoms with Gasteiger partial charge in [-0.05, 0) is 35.9 Å². The summed E-state index contributed by atoms with van der Waals surface area (Å²) in [7, 11) is 1.66. The summed E-state index contributed by atoms with van der Waals surface area (Å²) in [5.41, 5.74) is 4.22. The van der Waals surface area contributed by atoms with Crippen LogP contribution in [0, 0.1) is 0 Å². The predicted octanol–water partition coefficient (Wildman–Crippen LogP) is 5.58. The number of halogens is 1. The highest BCUT2D eigenvalue weighted by molar-refractivity contribution is 6.30. The quantitative estimate of drug-likeness (QED) is 0.668. The molecule has 0 bridgehead atoms. The van der Waals surface area contributed by atoms with E-state index in [1.165, 1.54) is 0 Å². The Balaban J connectivity index is 1.74. The zero-order chi connectivity index (χ0) is 17.2. The molecule has 3 aromatic rings. The van der Waals surface area contributed by atoms with Crippen LogP contribution >= 0.6 is 11.6 Å². The number of nitrogens with one attached hydrogen (secondary N) is 1. The van der Waals surface area contributed by atoms with E-state index < -0.39 is 0 Å². The Labute approximate surface area is 152 Å². The highest BCUT2D eigenvalue weighted by Gasteiger charge is 2.29. The largest absolute Gasteiger partial charge is 0.497 e. The molecule has 0 amide bonds. The van der Waals surface area contributed by atoms with Crippen molar-refractivity contribution in [1.82, 2.24) is 0 Å². The van der Waals surface area contributed by atoms with Gasteiger partial charge in [0.1, 0.15) is 11.9 Å². The Kier molecular flexibility index (Phi) is 4.35. The molecule has 4 heteroatoms. The topological polar surface area (TPSA) is 30.5 Å². The minimum absolute atomic E-state index is 0.178. The van der Waals surface area contributed by atoms with Gasteiger partial charge in [-0.15, -0.1) is 0 Å². The van der Waals surface area contributed by atoms with Crippen LogP contribution in [0.5, 0.6) is 5.75 Å². The number of hydrogen-bond donors (Lipinski definition) is 1. The van der Waals surface area contributed by atoms with Gasteiger partial charge in [0.25, 0.3) is 0 Å². The Hall–Kier alpha value is -2.49. The van der Waals surface area contributed by atoms with Crippen LogP contribution in [0.2, 0.25) is 5.02 Å². The lowest BCUT2D eigenvalue weighted by atomic mass is 9.97. The van der Waals surface area contributed by atoms with E-state index >= 15 is 0 Å². The third-order valence-electron chi connectivity index (χ3n) is 4.38. The normalized spacial score (nSPS) is 19.0. The second kappa shape index (κ2) is 6.79. The number of rotatable bonds is 3. The molecule has 4 rings (SSSR count). The first-order valence-corrected chi connectivity index (χ1v) is 8.53. The zero-order valence-corrected chi connectivity index (χ0v) is 14.5. The first kappa shape index (κ1) is 16.0. The standard InChI is InChI=1S/C21H18ClNO2/c1-24-17-10-7-15(8-11-17)21-23-19-12-9-16(22)13-18(19)20(25-21)14-5-3-2-4-6-14/h2-13,20-21,23H,1H3/t20-,21-/m1/s1. The van der Waals surface area contributed by atoms with Crippen molar-refractivity contribution in [2.45, 2.75) is 12.3 Å². The van der Waals surface area contributed by atoms with Gasteiger partial charge in [0.05, 0.1) is 7.11 Å². The lowest BCUT2D eigenvalue weighted by Crippen LogP contribution is -2.25. The Morgan fingerprint density at radius 1 is 0.920 bits per heavy atom. The molecule has 25 heavy (non-hydrogen) atoms. The van der Waals surface area contributed by atoms with E-state index in [2.05, 4.69) is 17.4 Å². The Bertz CT molecular complexity index is 865. The van der Waals surface area contributed by atoms with Crippen molar-refractivity contribution in [2.75, 3.05) is 12.4 Å². The van der Waals surface area contributed by atoms with Crippen LogP contribution in [0.25, 0.3) is 0 Å². The number of benzene rings is 3. The Morgan fingerprint density at radius 3 is 2.40 bits per heavy atom. The van der Waals surface area contributed by atoms with Crippen LogP contribution in [-0.2, 0) is 4.74 Å². The lowest BCUT2D eigenvalue weighted by Gasteiger charge is -2.34. The molecule has 2 atom stereocenters. The summed E-state index contributed by atoms with van der Waals surface area (Å²) in [4.78, 5) is 0. The number of methoxy groups -OCH3 is 1. The van der Waals surface area contributed by atoms with Crippen LogP contribution in [0.15, 0.2) is 72.8 Å². The molecule has 0 unspecified atom stereocenters. The van der Waals surface area contributed by atoms with E-state index in [0.29, 0.717) is 5.02 Å². The van der Waals surface area contributed by atoms with Gasteiger partial charge >= 0.3 is 0 Å². The van der Waals surface area contributed by atoms with Gasteiger partial charge in [-0.1, -0.05) is 54.1 Å². The van der Waals surface area contributed by atoms with Crippen molar-refractivity contribution in [2.24, 2.45) is 0 Å². The van der Waals surface area contributed by atoms with Gasteiger partial charge < -0.3 is 14.8 Å². The smallest absolute Gasteiger partial charge is 0.155 e. The van der Waals surface area contributed by atoms with Gasteiger partial charge in [-0.3, -0.25) is 0 Å². The van der Waals surface area contributed by atoms with Crippen molar-refractivity contribution < 1.29 is 9.47 Å². The summed E-state index contributed by atoms with van der Waals surface area (Å²) >= 11 is 6.22. The molecule has 1 aliphatic heterocycles. The fourth-order valence-corrected chi connectivity index (χ4v) is 3.27. The summed E-state index contributed by atoms with van der Waals surface area (Å²) < 4.78 is 11.6. The summed E-state index contributed by atoms with van der Waals surface area (Å²) in [6.45, 7) is 0. The summed E-state index contributed by atoms with van der Waals surface area (Å²) in [6, 6.07) is 24.0. The maximum absolute atomic E-state index is 6.40. The number of hydrogen-bond acceptors (Lipinski definition) is 3. The van der Waals surface area contributed by atoms with Gasteiger partial charge in [0, 0.05) is 21.8 Å². The van der Waals surface area contributed by atoms with Gasteiger partial charge in [-0.25, -0.2) is 0 Å². The lowest BCUT2D eigenvalue weighted by molar-refractivity contribution is 0.0157. The fraction of sp³-hybridized carbons (Fsp3) is 0.143. The molecule has 3 aromatic carbocycles. The minimum Gasteiger partial charge on any atom is -0.497 e. The van der Waals surface area contributed by atoms with E-state index in [9.17, 15) is 0 Å². The van der Waals surface area contributed by atoms with Crippen LogP contribution in [0.4, 0.5) is 5.69 Å². The highest BCUT2D eigenvalue weighted by atomic mass is 35.5. The average molecular weight is 352 g/mol. The maximum Gasteiger partial charge on any atom is 0.155 e. The predicted molar refractivity (Wildman–Crippen MR) is 100 cm³/mol. The first-order valence-electron chi connectivity index (χ1n) is 8.15. The zero-order valence-electron chi connectivity index (χ0n) is 13.8. The van der Waals surface area contributed by atoms with E-state index in [1.807, 2.05) is 60.7 Å². The highest BCUT2D eigenvalue weighted by Crippen LogP contribution is 2.42. The molecule has 0 radical (unpaired) electrons. The molecule has 0 saturated heterocycles. The van der Waals surface area contributed by atoms with Crippen LogP contribution in [0.3, 0.4) is 0 Å². The summed E-state index contributed by atoms with van der Waals surface area (Å²) in [5.74, 6) is 0.825.